The van der Waals surface area contributed by atoms with Crippen LogP contribution in [-0.2, 0) is 11.3 Å². The highest BCUT2D eigenvalue weighted by Crippen LogP contribution is 2.43. The summed E-state index contributed by atoms with van der Waals surface area (Å²) in [7, 11) is 0. The van der Waals surface area contributed by atoms with Crippen molar-refractivity contribution in [3.8, 4) is 11.5 Å². The van der Waals surface area contributed by atoms with E-state index >= 15 is 0 Å². The number of anilines is 2. The van der Waals surface area contributed by atoms with Gasteiger partial charge in [0.25, 0.3) is 5.91 Å². The van der Waals surface area contributed by atoms with Gasteiger partial charge < -0.3 is 25.4 Å². The number of hydrogen-bond acceptors (Lipinski definition) is 5. The molecule has 3 N–H and O–H groups in total. The second-order valence-corrected chi connectivity index (χ2v) is 7.88. The van der Waals surface area contributed by atoms with E-state index in [0.717, 1.165) is 35.6 Å². The Morgan fingerprint density at radius 1 is 0.882 bits per heavy atom. The van der Waals surface area contributed by atoms with Gasteiger partial charge in [0.1, 0.15) is 0 Å². The van der Waals surface area contributed by atoms with Gasteiger partial charge in [-0.2, -0.15) is 0 Å². The number of carbonyl (C=O) groups excluding carboxylic acids is 1. The Bertz CT molecular complexity index is 1170. The molecular formula is C28H31N3O3. The van der Waals surface area contributed by atoms with Gasteiger partial charge in [-0.15, -0.1) is 0 Å². The van der Waals surface area contributed by atoms with Crippen LogP contribution in [0.4, 0.5) is 11.4 Å². The first-order valence-electron chi connectivity index (χ1n) is 11.8. The predicted octanol–water partition coefficient (Wildman–Crippen LogP) is 5.53. The minimum atomic E-state index is -0.166. The topological polar surface area (TPSA) is 71.6 Å². The summed E-state index contributed by atoms with van der Waals surface area (Å²) in [5, 5.41) is 9.85. The Labute approximate surface area is 201 Å². The molecule has 0 spiro atoms. The lowest BCUT2D eigenvalue weighted by Gasteiger charge is -2.16. The number of fused-ring (bicyclic) bond motifs is 1. The highest BCUT2D eigenvalue weighted by Gasteiger charge is 2.30. The molecule has 1 heterocycles. The van der Waals surface area contributed by atoms with E-state index in [9.17, 15) is 4.79 Å². The summed E-state index contributed by atoms with van der Waals surface area (Å²) < 4.78 is 11.6. The molecule has 3 aromatic carbocycles. The maximum atomic E-state index is 13.2. The summed E-state index contributed by atoms with van der Waals surface area (Å²) in [6.07, 6.45) is 0. The Kier molecular flexibility index (Phi) is 7.50. The Balaban J connectivity index is 1.80. The molecule has 0 bridgehead atoms. The van der Waals surface area contributed by atoms with E-state index in [0.29, 0.717) is 36.0 Å². The van der Waals surface area contributed by atoms with Crippen molar-refractivity contribution in [3.05, 3.63) is 83.4 Å². The lowest BCUT2D eigenvalue weighted by Crippen LogP contribution is -2.12. The molecule has 0 atom stereocenters. The van der Waals surface area contributed by atoms with Crippen molar-refractivity contribution in [2.75, 3.05) is 30.4 Å². The van der Waals surface area contributed by atoms with Gasteiger partial charge in [0.2, 0.25) is 0 Å². The van der Waals surface area contributed by atoms with Crippen molar-refractivity contribution in [2.45, 2.75) is 27.3 Å². The van der Waals surface area contributed by atoms with Gasteiger partial charge in [0, 0.05) is 23.9 Å². The number of nitrogens with one attached hydrogen (secondary N) is 3. The zero-order valence-corrected chi connectivity index (χ0v) is 19.9. The first kappa shape index (κ1) is 23.4. The van der Waals surface area contributed by atoms with Crippen LogP contribution in [0.1, 0.15) is 37.5 Å². The van der Waals surface area contributed by atoms with E-state index in [-0.39, 0.29) is 5.91 Å². The summed E-state index contributed by atoms with van der Waals surface area (Å²) in [6.45, 7) is 8.70. The summed E-state index contributed by atoms with van der Waals surface area (Å²) >= 11 is 0. The first-order valence-corrected chi connectivity index (χ1v) is 11.8. The standard InChI is InChI=1S/C28H31N3O3/c1-4-29-18-19-12-14-21(15-13-19)30-27(20-10-8-7-9-11-20)26-22-16-24(33-5-2)25(34-6-3)17-23(22)31-28(26)32/h7-17,29-30H,4-6,18H2,1-3H3,(H,31,32). The molecule has 0 unspecified atom stereocenters. The van der Waals surface area contributed by atoms with Crippen molar-refractivity contribution >= 4 is 28.6 Å². The highest BCUT2D eigenvalue weighted by molar-refractivity contribution is 6.37. The molecule has 1 aliphatic rings. The van der Waals surface area contributed by atoms with Crippen LogP contribution in [0.25, 0.3) is 11.3 Å². The molecule has 3 aromatic rings. The normalized spacial score (nSPS) is 13.8. The number of benzene rings is 3. The minimum Gasteiger partial charge on any atom is -0.490 e. The van der Waals surface area contributed by atoms with E-state index < -0.39 is 0 Å². The second kappa shape index (κ2) is 10.9. The van der Waals surface area contributed by atoms with Crippen molar-refractivity contribution < 1.29 is 14.3 Å². The van der Waals surface area contributed by atoms with Gasteiger partial charge in [0.05, 0.1) is 30.2 Å². The maximum Gasteiger partial charge on any atom is 0.258 e. The summed E-state index contributed by atoms with van der Waals surface area (Å²) in [4.78, 5) is 13.2. The fourth-order valence-electron chi connectivity index (χ4n) is 3.97. The Hall–Kier alpha value is -3.77. The molecule has 0 saturated heterocycles. The zero-order chi connectivity index (χ0) is 23.9. The molecule has 6 heteroatoms. The average Bonchev–Trinajstić information content (AvgIpc) is 3.17. The van der Waals surface area contributed by atoms with Crippen LogP contribution in [0.3, 0.4) is 0 Å². The van der Waals surface area contributed by atoms with Crippen LogP contribution in [0.2, 0.25) is 0 Å². The average molecular weight is 458 g/mol. The van der Waals surface area contributed by atoms with Crippen LogP contribution < -0.4 is 25.4 Å². The lowest BCUT2D eigenvalue weighted by molar-refractivity contribution is -0.110. The third-order valence-corrected chi connectivity index (χ3v) is 5.54. The minimum absolute atomic E-state index is 0.166. The molecule has 176 valence electrons. The first-order chi connectivity index (χ1) is 16.6. The molecule has 0 aromatic heterocycles. The molecule has 1 aliphatic heterocycles. The fourth-order valence-corrected chi connectivity index (χ4v) is 3.97. The third kappa shape index (κ3) is 5.07. The predicted molar refractivity (Wildman–Crippen MR) is 138 cm³/mol. The van der Waals surface area contributed by atoms with E-state index in [4.69, 9.17) is 9.47 Å². The highest BCUT2D eigenvalue weighted by atomic mass is 16.5. The number of hydrogen-bond donors (Lipinski definition) is 3. The van der Waals surface area contributed by atoms with E-state index in [2.05, 4.69) is 35.0 Å². The quantitative estimate of drug-likeness (QED) is 0.349. The Morgan fingerprint density at radius 2 is 1.56 bits per heavy atom. The van der Waals surface area contributed by atoms with Gasteiger partial charge in [-0.05, 0) is 49.7 Å². The summed E-state index contributed by atoms with van der Waals surface area (Å²) in [5.41, 5.74) is 5.84. The van der Waals surface area contributed by atoms with Gasteiger partial charge >= 0.3 is 0 Å². The maximum absolute atomic E-state index is 13.2. The largest absolute Gasteiger partial charge is 0.490 e. The van der Waals surface area contributed by atoms with Gasteiger partial charge in [-0.3, -0.25) is 4.79 Å². The van der Waals surface area contributed by atoms with E-state index in [1.807, 2.05) is 68.4 Å². The second-order valence-electron chi connectivity index (χ2n) is 7.88. The van der Waals surface area contributed by atoms with E-state index in [1.54, 1.807) is 0 Å². The van der Waals surface area contributed by atoms with Crippen LogP contribution >= 0.6 is 0 Å². The molecule has 1 amide bonds. The van der Waals surface area contributed by atoms with Crippen molar-refractivity contribution in [1.29, 1.82) is 0 Å². The molecule has 0 saturated carbocycles. The van der Waals surface area contributed by atoms with Crippen LogP contribution in [-0.4, -0.2) is 25.7 Å². The zero-order valence-electron chi connectivity index (χ0n) is 19.9. The summed E-state index contributed by atoms with van der Waals surface area (Å²) in [6, 6.07) is 21.9. The smallest absolute Gasteiger partial charge is 0.258 e. The molecular weight excluding hydrogens is 426 g/mol. The van der Waals surface area contributed by atoms with Crippen molar-refractivity contribution in [1.82, 2.24) is 5.32 Å². The number of rotatable bonds is 10. The monoisotopic (exact) mass is 457 g/mol. The third-order valence-electron chi connectivity index (χ3n) is 5.54. The van der Waals surface area contributed by atoms with Gasteiger partial charge in [-0.1, -0.05) is 49.4 Å². The Morgan fingerprint density at radius 3 is 2.21 bits per heavy atom. The van der Waals surface area contributed by atoms with Crippen molar-refractivity contribution in [3.63, 3.8) is 0 Å². The van der Waals surface area contributed by atoms with Crippen LogP contribution in [0.5, 0.6) is 11.5 Å². The fraction of sp³-hybridized carbons (Fsp3) is 0.250. The molecule has 6 nitrogen and oxygen atoms in total. The molecule has 0 radical (unpaired) electrons. The number of amides is 1. The van der Waals surface area contributed by atoms with Crippen molar-refractivity contribution in [2.24, 2.45) is 0 Å². The number of ether oxygens (including phenoxy) is 2. The molecule has 34 heavy (non-hydrogen) atoms. The SMILES string of the molecule is CCNCc1ccc(NC(=C2C(=O)Nc3cc(OCC)c(OCC)cc32)c2ccccc2)cc1. The van der Waals surface area contributed by atoms with Gasteiger partial charge in [0.15, 0.2) is 11.5 Å². The molecule has 0 aliphatic carbocycles. The van der Waals surface area contributed by atoms with Crippen LogP contribution in [0, 0.1) is 0 Å². The summed E-state index contributed by atoms with van der Waals surface area (Å²) in [5.74, 6) is 1.08. The van der Waals surface area contributed by atoms with Crippen LogP contribution in [0.15, 0.2) is 66.7 Å². The molecule has 0 fully saturated rings. The van der Waals surface area contributed by atoms with E-state index in [1.165, 1.54) is 5.56 Å². The number of carbonyl (C=O) groups is 1. The lowest BCUT2D eigenvalue weighted by atomic mass is 9.99. The molecule has 4 rings (SSSR count). The van der Waals surface area contributed by atoms with Gasteiger partial charge in [-0.25, -0.2) is 0 Å².